The first-order valence-electron chi connectivity index (χ1n) is 5.34. The van der Waals surface area contributed by atoms with Crippen molar-refractivity contribution in [1.29, 1.82) is 0 Å². The number of pyridine rings is 1. The maximum Gasteiger partial charge on any atom is 0.294 e. The number of hydrogen-bond acceptors (Lipinski definition) is 4. The zero-order valence-corrected chi connectivity index (χ0v) is 10.6. The van der Waals surface area contributed by atoms with Gasteiger partial charge in [-0.2, -0.15) is 4.39 Å². The van der Waals surface area contributed by atoms with E-state index < -0.39 is 16.8 Å². The molecule has 2 rings (SSSR count). The normalized spacial score (nSPS) is 10.1. The Balaban J connectivity index is 2.30. The van der Waals surface area contributed by atoms with Gasteiger partial charge < -0.3 is 5.32 Å². The fraction of sp³-hybridized carbons (Fsp3) is 0. The van der Waals surface area contributed by atoms with E-state index in [0.29, 0.717) is 0 Å². The molecular formula is C12H7ClFN3O3. The van der Waals surface area contributed by atoms with E-state index in [0.717, 1.165) is 18.3 Å². The van der Waals surface area contributed by atoms with Crippen molar-refractivity contribution >= 4 is 28.9 Å². The van der Waals surface area contributed by atoms with Crippen LogP contribution in [-0.2, 0) is 0 Å². The quantitative estimate of drug-likeness (QED) is 0.536. The Morgan fingerprint density at radius 1 is 1.35 bits per heavy atom. The predicted octanol–water partition coefficient (Wildman–Crippen LogP) is 3.03. The highest BCUT2D eigenvalue weighted by Crippen LogP contribution is 2.28. The van der Waals surface area contributed by atoms with Crippen molar-refractivity contribution < 1.29 is 14.1 Å². The number of anilines is 1. The van der Waals surface area contributed by atoms with Crippen LogP contribution in [0.25, 0.3) is 0 Å². The van der Waals surface area contributed by atoms with Gasteiger partial charge in [0.1, 0.15) is 5.69 Å². The third-order valence-corrected chi connectivity index (χ3v) is 2.63. The maximum atomic E-state index is 12.9. The number of carbonyl (C=O) groups excluding carboxylic acids is 1. The van der Waals surface area contributed by atoms with Gasteiger partial charge in [-0.05, 0) is 18.2 Å². The Morgan fingerprint density at radius 3 is 2.75 bits per heavy atom. The molecule has 0 unspecified atom stereocenters. The lowest BCUT2D eigenvalue weighted by Gasteiger charge is -2.06. The Hall–Kier alpha value is -2.54. The summed E-state index contributed by atoms with van der Waals surface area (Å²) in [5.74, 6) is -1.50. The van der Waals surface area contributed by atoms with Gasteiger partial charge in [-0.25, -0.2) is 4.98 Å². The number of carbonyl (C=O) groups is 1. The van der Waals surface area contributed by atoms with E-state index in [1.165, 1.54) is 18.2 Å². The molecule has 2 aromatic rings. The molecule has 1 heterocycles. The third kappa shape index (κ3) is 3.07. The zero-order chi connectivity index (χ0) is 14.7. The van der Waals surface area contributed by atoms with Crippen LogP contribution in [0.2, 0.25) is 5.02 Å². The molecule has 1 N–H and O–H groups in total. The number of rotatable bonds is 3. The van der Waals surface area contributed by atoms with Crippen LogP contribution in [0.5, 0.6) is 0 Å². The van der Waals surface area contributed by atoms with Crippen molar-refractivity contribution in [2.45, 2.75) is 0 Å². The van der Waals surface area contributed by atoms with Gasteiger partial charge in [0.15, 0.2) is 0 Å². The molecular weight excluding hydrogens is 289 g/mol. The van der Waals surface area contributed by atoms with Crippen molar-refractivity contribution in [2.24, 2.45) is 0 Å². The van der Waals surface area contributed by atoms with Gasteiger partial charge in [-0.15, -0.1) is 0 Å². The average Bonchev–Trinajstić information content (AvgIpc) is 2.40. The Bertz CT molecular complexity index is 693. The molecule has 1 amide bonds. The minimum Gasteiger partial charge on any atom is -0.316 e. The molecule has 0 spiro atoms. The summed E-state index contributed by atoms with van der Waals surface area (Å²) in [7, 11) is 0. The fourth-order valence-corrected chi connectivity index (χ4v) is 1.67. The first-order valence-corrected chi connectivity index (χ1v) is 5.72. The van der Waals surface area contributed by atoms with Gasteiger partial charge in [0, 0.05) is 28.9 Å². The largest absolute Gasteiger partial charge is 0.316 e. The van der Waals surface area contributed by atoms with E-state index >= 15 is 0 Å². The number of nitrogens with zero attached hydrogens (tertiary/aromatic N) is 2. The minimum absolute atomic E-state index is 0.00162. The molecule has 0 fully saturated rings. The summed E-state index contributed by atoms with van der Waals surface area (Å²) in [6.45, 7) is 0. The van der Waals surface area contributed by atoms with Crippen molar-refractivity contribution in [1.82, 2.24) is 4.98 Å². The topological polar surface area (TPSA) is 85.1 Å². The monoisotopic (exact) mass is 295 g/mol. The van der Waals surface area contributed by atoms with E-state index in [1.54, 1.807) is 0 Å². The molecule has 0 bridgehead atoms. The Kier molecular flexibility index (Phi) is 3.90. The van der Waals surface area contributed by atoms with E-state index in [-0.39, 0.29) is 22.0 Å². The van der Waals surface area contributed by atoms with Gasteiger partial charge in [-0.3, -0.25) is 14.9 Å². The molecule has 1 aromatic carbocycles. The highest BCUT2D eigenvalue weighted by molar-refractivity contribution is 6.31. The molecule has 0 saturated carbocycles. The lowest BCUT2D eigenvalue weighted by Crippen LogP contribution is -2.13. The molecule has 0 atom stereocenters. The standard InChI is InChI=1S/C12H7ClFN3O3/c13-8-1-2-9(10(6-8)17(19)20)16-12(18)7-3-4-15-11(14)5-7/h1-6H,(H,16,18). The molecule has 0 saturated heterocycles. The lowest BCUT2D eigenvalue weighted by atomic mass is 10.2. The third-order valence-electron chi connectivity index (χ3n) is 2.39. The molecule has 0 radical (unpaired) electrons. The molecule has 1 aromatic heterocycles. The van der Waals surface area contributed by atoms with Crippen LogP contribution < -0.4 is 5.32 Å². The Labute approximate surface area is 117 Å². The highest BCUT2D eigenvalue weighted by atomic mass is 35.5. The lowest BCUT2D eigenvalue weighted by molar-refractivity contribution is -0.383. The summed E-state index contributed by atoms with van der Waals surface area (Å²) in [5.41, 5.74) is -0.372. The van der Waals surface area contributed by atoms with Crippen LogP contribution in [0.4, 0.5) is 15.8 Å². The number of halogens is 2. The van der Waals surface area contributed by atoms with E-state index in [2.05, 4.69) is 10.3 Å². The number of nitro benzene ring substituents is 1. The van der Waals surface area contributed by atoms with Gasteiger partial charge in [0.05, 0.1) is 4.92 Å². The summed E-state index contributed by atoms with van der Waals surface area (Å²) in [4.78, 5) is 25.4. The smallest absolute Gasteiger partial charge is 0.294 e. The SMILES string of the molecule is O=C(Nc1ccc(Cl)cc1[N+](=O)[O-])c1ccnc(F)c1. The number of aromatic nitrogens is 1. The summed E-state index contributed by atoms with van der Waals surface area (Å²) in [6.07, 6.45) is 1.13. The van der Waals surface area contributed by atoms with Gasteiger partial charge in [-0.1, -0.05) is 11.6 Å². The van der Waals surface area contributed by atoms with Crippen molar-refractivity contribution in [3.8, 4) is 0 Å². The summed E-state index contributed by atoms with van der Waals surface area (Å²) in [6, 6.07) is 6.04. The molecule has 0 aliphatic rings. The predicted molar refractivity (Wildman–Crippen MR) is 70.3 cm³/mol. The number of nitrogens with one attached hydrogen (secondary N) is 1. The number of hydrogen-bond donors (Lipinski definition) is 1. The highest BCUT2D eigenvalue weighted by Gasteiger charge is 2.17. The fourth-order valence-electron chi connectivity index (χ4n) is 1.50. The van der Waals surface area contributed by atoms with Crippen molar-refractivity contribution in [3.05, 3.63) is 63.2 Å². The maximum absolute atomic E-state index is 12.9. The molecule has 6 nitrogen and oxygen atoms in total. The second-order valence-electron chi connectivity index (χ2n) is 3.74. The summed E-state index contributed by atoms with van der Waals surface area (Å²) >= 11 is 5.66. The molecule has 0 aliphatic carbocycles. The van der Waals surface area contributed by atoms with E-state index in [1.807, 2.05) is 0 Å². The molecule has 0 aliphatic heterocycles. The zero-order valence-electron chi connectivity index (χ0n) is 9.84. The van der Waals surface area contributed by atoms with E-state index in [9.17, 15) is 19.3 Å². The molecule has 102 valence electrons. The second kappa shape index (κ2) is 5.62. The van der Waals surface area contributed by atoms with E-state index in [4.69, 9.17) is 11.6 Å². The first-order chi connectivity index (χ1) is 9.47. The summed E-state index contributed by atoms with van der Waals surface area (Å²) in [5, 5.41) is 13.4. The van der Waals surface area contributed by atoms with Crippen LogP contribution in [0, 0.1) is 16.1 Å². The van der Waals surface area contributed by atoms with Crippen LogP contribution in [0.3, 0.4) is 0 Å². The molecule has 8 heteroatoms. The van der Waals surface area contributed by atoms with Crippen LogP contribution in [-0.4, -0.2) is 15.8 Å². The van der Waals surface area contributed by atoms with Gasteiger partial charge in [0.25, 0.3) is 11.6 Å². The van der Waals surface area contributed by atoms with Crippen LogP contribution in [0.1, 0.15) is 10.4 Å². The van der Waals surface area contributed by atoms with Gasteiger partial charge in [0.2, 0.25) is 5.95 Å². The minimum atomic E-state index is -0.816. The van der Waals surface area contributed by atoms with Crippen molar-refractivity contribution in [2.75, 3.05) is 5.32 Å². The second-order valence-corrected chi connectivity index (χ2v) is 4.18. The average molecular weight is 296 g/mol. The van der Waals surface area contributed by atoms with Crippen LogP contribution in [0.15, 0.2) is 36.5 Å². The van der Waals surface area contributed by atoms with Crippen LogP contribution >= 0.6 is 11.6 Å². The Morgan fingerprint density at radius 2 is 2.10 bits per heavy atom. The number of amides is 1. The number of nitro groups is 1. The molecule has 20 heavy (non-hydrogen) atoms. The summed E-state index contributed by atoms with van der Waals surface area (Å²) < 4.78 is 12.9. The number of benzene rings is 1. The first kappa shape index (κ1) is 13.9. The van der Waals surface area contributed by atoms with Crippen molar-refractivity contribution in [3.63, 3.8) is 0 Å². The van der Waals surface area contributed by atoms with Gasteiger partial charge >= 0.3 is 0 Å².